The van der Waals surface area contributed by atoms with Crippen molar-refractivity contribution < 1.29 is 4.42 Å². The van der Waals surface area contributed by atoms with Gasteiger partial charge >= 0.3 is 0 Å². The normalized spacial score (nSPS) is 13.1. The van der Waals surface area contributed by atoms with Gasteiger partial charge in [-0.1, -0.05) is 141 Å². The van der Waals surface area contributed by atoms with E-state index in [9.17, 15) is 0 Å². The van der Waals surface area contributed by atoms with Crippen molar-refractivity contribution in [3.05, 3.63) is 205 Å². The summed E-state index contributed by atoms with van der Waals surface area (Å²) in [4.78, 5) is 2.39. The van der Waals surface area contributed by atoms with Crippen LogP contribution in [0.25, 0.3) is 82.5 Å². The zero-order chi connectivity index (χ0) is 38.5. The molecule has 0 saturated heterocycles. The second-order valence-electron chi connectivity index (χ2n) is 16.1. The Bertz CT molecular complexity index is 3420. The second-order valence-corrected chi connectivity index (χ2v) is 16.1. The van der Waals surface area contributed by atoms with Gasteiger partial charge in [0.25, 0.3) is 0 Å². The maximum Gasteiger partial charge on any atom is 0.145 e. The van der Waals surface area contributed by atoms with Crippen molar-refractivity contribution in [2.75, 3.05) is 4.90 Å². The molecule has 2 aromatic heterocycles. The minimum atomic E-state index is -0.0983. The lowest BCUT2D eigenvalue weighted by atomic mass is 9.82. The van der Waals surface area contributed by atoms with Crippen LogP contribution in [0.15, 0.2) is 199 Å². The highest BCUT2D eigenvalue weighted by Crippen LogP contribution is 2.51. The molecular weight excluding hydrogens is 705 g/mol. The number of aromatic nitrogens is 1. The summed E-state index contributed by atoms with van der Waals surface area (Å²) in [5.41, 5.74) is 16.2. The van der Waals surface area contributed by atoms with Crippen molar-refractivity contribution >= 4 is 71.6 Å². The van der Waals surface area contributed by atoms with E-state index in [-0.39, 0.29) is 5.41 Å². The van der Waals surface area contributed by atoms with Crippen molar-refractivity contribution in [1.29, 1.82) is 0 Å². The largest absolute Gasteiger partial charge is 0.455 e. The summed E-state index contributed by atoms with van der Waals surface area (Å²) in [5, 5.41) is 6.98. The van der Waals surface area contributed by atoms with Crippen LogP contribution in [0.3, 0.4) is 0 Å². The van der Waals surface area contributed by atoms with Gasteiger partial charge in [-0.05, 0) is 105 Å². The van der Waals surface area contributed by atoms with E-state index in [1.165, 1.54) is 38.4 Å². The molecular formula is C55H38N2O. The number of para-hydroxylation sites is 3. The number of hydrogen-bond acceptors (Lipinski definition) is 2. The minimum Gasteiger partial charge on any atom is -0.455 e. The summed E-state index contributed by atoms with van der Waals surface area (Å²) in [5.74, 6) is 0. The summed E-state index contributed by atoms with van der Waals surface area (Å²) in [6, 6.07) is 70.6. The summed E-state index contributed by atoms with van der Waals surface area (Å²) in [6.07, 6.45) is 0. The zero-order valence-electron chi connectivity index (χ0n) is 32.3. The van der Waals surface area contributed by atoms with Gasteiger partial charge in [-0.2, -0.15) is 0 Å². The van der Waals surface area contributed by atoms with E-state index in [4.69, 9.17) is 4.42 Å². The van der Waals surface area contributed by atoms with E-state index >= 15 is 0 Å². The van der Waals surface area contributed by atoms with Crippen molar-refractivity contribution in [2.24, 2.45) is 0 Å². The fourth-order valence-electron chi connectivity index (χ4n) is 9.78. The molecule has 0 spiro atoms. The first-order valence-electron chi connectivity index (χ1n) is 20.1. The molecule has 274 valence electrons. The van der Waals surface area contributed by atoms with Gasteiger partial charge in [0.15, 0.2) is 0 Å². The molecule has 0 unspecified atom stereocenters. The van der Waals surface area contributed by atoms with Crippen LogP contribution in [0.5, 0.6) is 0 Å². The number of fused-ring (bicyclic) bond motifs is 11. The van der Waals surface area contributed by atoms with Gasteiger partial charge in [0.2, 0.25) is 0 Å². The molecule has 1 aliphatic rings. The first-order valence-corrected chi connectivity index (χ1v) is 20.1. The standard InChI is InChI=1S/C55H38N2O/c1-55(2)48-21-11-8-18-42(48)43-31-30-41(33-49(43)55)56(38-16-4-3-5-17-38)39-27-25-36(26-28-39)46-34-47-44-19-10-13-23-51(44)58-54(47)52-45-20-9-12-22-50(45)57(53(46)52)40-29-24-35-14-6-7-15-37(35)32-40/h3-34H,1-2H3. The molecule has 0 radical (unpaired) electrons. The highest BCUT2D eigenvalue weighted by Gasteiger charge is 2.35. The van der Waals surface area contributed by atoms with Crippen LogP contribution in [0, 0.1) is 0 Å². The third kappa shape index (κ3) is 4.74. The van der Waals surface area contributed by atoms with Crippen LogP contribution >= 0.6 is 0 Å². The van der Waals surface area contributed by atoms with Gasteiger partial charge in [0.05, 0.1) is 16.4 Å². The van der Waals surface area contributed by atoms with Crippen molar-refractivity contribution in [3.63, 3.8) is 0 Å². The Kier molecular flexibility index (Phi) is 6.98. The average molecular weight is 743 g/mol. The summed E-state index contributed by atoms with van der Waals surface area (Å²) in [7, 11) is 0. The molecule has 0 atom stereocenters. The number of rotatable bonds is 5. The van der Waals surface area contributed by atoms with Crippen LogP contribution in [0.4, 0.5) is 17.1 Å². The Labute approximate surface area is 336 Å². The lowest BCUT2D eigenvalue weighted by Crippen LogP contribution is -2.16. The van der Waals surface area contributed by atoms with Crippen LogP contribution in [0.2, 0.25) is 0 Å². The van der Waals surface area contributed by atoms with E-state index in [2.05, 4.69) is 217 Å². The molecule has 58 heavy (non-hydrogen) atoms. The molecule has 11 aromatic rings. The van der Waals surface area contributed by atoms with Crippen molar-refractivity contribution in [3.8, 4) is 27.9 Å². The Morgan fingerprint density at radius 1 is 0.466 bits per heavy atom. The Morgan fingerprint density at radius 2 is 1.14 bits per heavy atom. The maximum absolute atomic E-state index is 6.78. The van der Waals surface area contributed by atoms with Gasteiger partial charge in [-0.3, -0.25) is 0 Å². The van der Waals surface area contributed by atoms with E-state index < -0.39 is 0 Å². The third-order valence-electron chi connectivity index (χ3n) is 12.5. The number of furan rings is 1. The van der Waals surface area contributed by atoms with Gasteiger partial charge in [-0.25, -0.2) is 0 Å². The molecule has 0 bridgehead atoms. The SMILES string of the molecule is CC1(C)c2ccccc2-c2ccc(N(c3ccccc3)c3ccc(-c4cc5c6ccccc6oc5c5c6ccccc6n(-c6ccc7ccccc7c6)c45)cc3)cc21. The molecule has 0 saturated carbocycles. The van der Waals surface area contributed by atoms with E-state index in [0.717, 1.165) is 72.2 Å². The van der Waals surface area contributed by atoms with Gasteiger partial charge in [-0.15, -0.1) is 0 Å². The second kappa shape index (κ2) is 12.3. The molecule has 0 N–H and O–H groups in total. The molecule has 0 fully saturated rings. The predicted octanol–water partition coefficient (Wildman–Crippen LogP) is 15.3. The monoisotopic (exact) mass is 742 g/mol. The predicted molar refractivity (Wildman–Crippen MR) is 243 cm³/mol. The van der Waals surface area contributed by atoms with Crippen molar-refractivity contribution in [1.82, 2.24) is 4.57 Å². The highest BCUT2D eigenvalue weighted by atomic mass is 16.3. The molecule has 12 rings (SSSR count). The van der Waals surface area contributed by atoms with Crippen molar-refractivity contribution in [2.45, 2.75) is 19.3 Å². The first kappa shape index (κ1) is 32.8. The van der Waals surface area contributed by atoms with E-state index in [1.54, 1.807) is 0 Å². The Hall–Kier alpha value is -7.36. The van der Waals surface area contributed by atoms with E-state index in [0.29, 0.717) is 0 Å². The molecule has 0 aliphatic heterocycles. The topological polar surface area (TPSA) is 21.3 Å². The highest BCUT2D eigenvalue weighted by molar-refractivity contribution is 6.27. The van der Waals surface area contributed by atoms with Gasteiger partial charge < -0.3 is 13.9 Å². The number of hydrogen-bond donors (Lipinski definition) is 0. The number of anilines is 3. The van der Waals surface area contributed by atoms with E-state index in [1.807, 2.05) is 0 Å². The van der Waals surface area contributed by atoms with Crippen LogP contribution in [-0.4, -0.2) is 4.57 Å². The molecule has 9 aromatic carbocycles. The van der Waals surface area contributed by atoms with Crippen LogP contribution in [-0.2, 0) is 5.41 Å². The third-order valence-corrected chi connectivity index (χ3v) is 12.5. The maximum atomic E-state index is 6.78. The molecule has 2 heterocycles. The van der Waals surface area contributed by atoms with Crippen LogP contribution < -0.4 is 4.90 Å². The minimum absolute atomic E-state index is 0.0983. The summed E-state index contributed by atoms with van der Waals surface area (Å²) < 4.78 is 9.22. The molecule has 3 heteroatoms. The fraction of sp³-hybridized carbons (Fsp3) is 0.0545. The van der Waals surface area contributed by atoms with Crippen LogP contribution in [0.1, 0.15) is 25.0 Å². The lowest BCUT2D eigenvalue weighted by Gasteiger charge is -2.28. The molecule has 1 aliphatic carbocycles. The first-order chi connectivity index (χ1) is 28.5. The fourth-order valence-corrected chi connectivity index (χ4v) is 9.78. The number of nitrogens with zero attached hydrogens (tertiary/aromatic N) is 2. The Balaban J connectivity index is 1.08. The van der Waals surface area contributed by atoms with Gasteiger partial charge in [0.1, 0.15) is 11.2 Å². The number of benzene rings is 9. The summed E-state index contributed by atoms with van der Waals surface area (Å²) >= 11 is 0. The molecule has 0 amide bonds. The Morgan fingerprint density at radius 3 is 2.00 bits per heavy atom. The average Bonchev–Trinajstić information content (AvgIpc) is 3.90. The quantitative estimate of drug-likeness (QED) is 0.175. The zero-order valence-corrected chi connectivity index (χ0v) is 32.3. The summed E-state index contributed by atoms with van der Waals surface area (Å²) in [6.45, 7) is 4.70. The lowest BCUT2D eigenvalue weighted by molar-refractivity contribution is 0.660. The smallest absolute Gasteiger partial charge is 0.145 e. The van der Waals surface area contributed by atoms with Gasteiger partial charge in [0, 0.05) is 49.9 Å². The molecule has 3 nitrogen and oxygen atoms in total.